The largest absolute Gasteiger partial charge is 0.475 e. The Bertz CT molecular complexity index is 371. The average molecular weight is 203 g/mol. The molecule has 1 aromatic heterocycles. The fourth-order valence-corrected chi connectivity index (χ4v) is 1.16. The van der Waals surface area contributed by atoms with Gasteiger partial charge < -0.3 is 9.52 Å². The molecule has 76 valence electrons. The molecule has 0 saturated heterocycles. The standard InChI is InChI=1S/C8H7F2NO3/c9-6(10)4-5(8(12)13)14-7(11-4)3-1-2-3/h3,6H,1-2H2,(H,12,13). The maximum absolute atomic E-state index is 12.3. The topological polar surface area (TPSA) is 63.3 Å². The molecular formula is C8H7F2NO3. The molecule has 4 nitrogen and oxygen atoms in total. The summed E-state index contributed by atoms with van der Waals surface area (Å²) in [6, 6.07) is 0. The highest BCUT2D eigenvalue weighted by molar-refractivity contribution is 5.85. The predicted octanol–water partition coefficient (Wildman–Crippen LogP) is 2.19. The van der Waals surface area contributed by atoms with Crippen LogP contribution in [0.5, 0.6) is 0 Å². The summed E-state index contributed by atoms with van der Waals surface area (Å²) in [5.41, 5.74) is -0.764. The number of oxazole rings is 1. The normalized spacial score (nSPS) is 16.2. The lowest BCUT2D eigenvalue weighted by Gasteiger charge is -1.91. The second-order valence-electron chi connectivity index (χ2n) is 3.15. The Kier molecular flexibility index (Phi) is 1.98. The van der Waals surface area contributed by atoms with Gasteiger partial charge in [0.15, 0.2) is 11.6 Å². The lowest BCUT2D eigenvalue weighted by molar-refractivity contribution is 0.0644. The van der Waals surface area contributed by atoms with Crippen molar-refractivity contribution in [3.63, 3.8) is 0 Å². The average Bonchev–Trinajstić information content (AvgIpc) is 2.83. The molecule has 0 aromatic carbocycles. The molecule has 1 fully saturated rings. The SMILES string of the molecule is O=C(O)c1oc(C2CC2)nc1C(F)F. The van der Waals surface area contributed by atoms with Crippen LogP contribution in [0.25, 0.3) is 0 Å². The molecule has 1 N–H and O–H groups in total. The van der Waals surface area contributed by atoms with Crippen molar-refractivity contribution in [2.45, 2.75) is 25.2 Å². The number of carboxylic acid groups (broad SMARTS) is 1. The summed E-state index contributed by atoms with van der Waals surface area (Å²) < 4.78 is 29.4. The molecule has 0 spiro atoms. The van der Waals surface area contributed by atoms with Crippen LogP contribution in [-0.4, -0.2) is 16.1 Å². The molecular weight excluding hydrogens is 196 g/mol. The Morgan fingerprint density at radius 1 is 1.57 bits per heavy atom. The Morgan fingerprint density at radius 2 is 2.21 bits per heavy atom. The molecule has 2 rings (SSSR count). The summed E-state index contributed by atoms with van der Waals surface area (Å²) >= 11 is 0. The van der Waals surface area contributed by atoms with Crippen LogP contribution in [0.4, 0.5) is 8.78 Å². The minimum atomic E-state index is -2.91. The number of halogens is 2. The van der Waals surface area contributed by atoms with Gasteiger partial charge in [0.05, 0.1) is 0 Å². The third-order valence-corrected chi connectivity index (χ3v) is 2.00. The van der Waals surface area contributed by atoms with Crippen LogP contribution >= 0.6 is 0 Å². The molecule has 0 unspecified atom stereocenters. The zero-order valence-electron chi connectivity index (χ0n) is 7.04. The van der Waals surface area contributed by atoms with E-state index in [0.29, 0.717) is 0 Å². The number of rotatable bonds is 3. The van der Waals surface area contributed by atoms with Gasteiger partial charge in [-0.1, -0.05) is 0 Å². The maximum Gasteiger partial charge on any atom is 0.374 e. The molecule has 1 aliphatic rings. The van der Waals surface area contributed by atoms with E-state index in [9.17, 15) is 13.6 Å². The van der Waals surface area contributed by atoms with Crippen LogP contribution in [0.15, 0.2) is 4.42 Å². The summed E-state index contributed by atoms with van der Waals surface area (Å²) in [5.74, 6) is -2.08. The minimum Gasteiger partial charge on any atom is -0.475 e. The molecule has 6 heteroatoms. The van der Waals surface area contributed by atoms with Crippen molar-refractivity contribution in [3.8, 4) is 0 Å². The number of aromatic carboxylic acids is 1. The maximum atomic E-state index is 12.3. The minimum absolute atomic E-state index is 0.0283. The predicted molar refractivity (Wildman–Crippen MR) is 40.4 cm³/mol. The molecule has 1 aliphatic carbocycles. The second kappa shape index (κ2) is 3.04. The first-order valence-electron chi connectivity index (χ1n) is 4.11. The number of aromatic nitrogens is 1. The van der Waals surface area contributed by atoms with Crippen molar-refractivity contribution in [2.24, 2.45) is 0 Å². The van der Waals surface area contributed by atoms with Crippen molar-refractivity contribution in [2.75, 3.05) is 0 Å². The van der Waals surface area contributed by atoms with Crippen LogP contribution in [0.1, 0.15) is 47.3 Å². The molecule has 0 amide bonds. The highest BCUT2D eigenvalue weighted by Crippen LogP contribution is 2.41. The van der Waals surface area contributed by atoms with Crippen molar-refractivity contribution in [1.29, 1.82) is 0 Å². The van der Waals surface area contributed by atoms with Crippen LogP contribution in [-0.2, 0) is 0 Å². The number of carboxylic acids is 1. The third-order valence-electron chi connectivity index (χ3n) is 2.00. The van der Waals surface area contributed by atoms with Gasteiger partial charge in [0, 0.05) is 5.92 Å². The van der Waals surface area contributed by atoms with E-state index in [1.54, 1.807) is 0 Å². The lowest BCUT2D eigenvalue weighted by Crippen LogP contribution is -1.99. The lowest BCUT2D eigenvalue weighted by atomic mass is 10.3. The number of carbonyl (C=O) groups is 1. The zero-order chi connectivity index (χ0) is 10.3. The molecule has 0 radical (unpaired) electrons. The van der Waals surface area contributed by atoms with E-state index in [1.165, 1.54) is 0 Å². The van der Waals surface area contributed by atoms with Crippen LogP contribution in [0, 0.1) is 0 Å². The van der Waals surface area contributed by atoms with Gasteiger partial charge in [-0.3, -0.25) is 0 Å². The summed E-state index contributed by atoms with van der Waals surface area (Å²) in [6.07, 6.45) is -1.26. The first kappa shape index (κ1) is 9.11. The van der Waals surface area contributed by atoms with Gasteiger partial charge in [0.1, 0.15) is 0 Å². The van der Waals surface area contributed by atoms with Crippen LogP contribution < -0.4 is 0 Å². The number of hydrogen-bond acceptors (Lipinski definition) is 3. The van der Waals surface area contributed by atoms with Crippen molar-refractivity contribution < 1.29 is 23.1 Å². The quantitative estimate of drug-likeness (QED) is 0.817. The number of alkyl halides is 2. The van der Waals surface area contributed by atoms with Crippen molar-refractivity contribution in [1.82, 2.24) is 4.98 Å². The van der Waals surface area contributed by atoms with E-state index in [2.05, 4.69) is 4.98 Å². The summed E-state index contributed by atoms with van der Waals surface area (Å²) in [4.78, 5) is 14.0. The van der Waals surface area contributed by atoms with E-state index in [-0.39, 0.29) is 11.8 Å². The van der Waals surface area contributed by atoms with Gasteiger partial charge in [0.25, 0.3) is 6.43 Å². The fraction of sp³-hybridized carbons (Fsp3) is 0.500. The highest BCUT2D eigenvalue weighted by atomic mass is 19.3. The summed E-state index contributed by atoms with van der Waals surface area (Å²) in [7, 11) is 0. The monoisotopic (exact) mass is 203 g/mol. The Morgan fingerprint density at radius 3 is 2.57 bits per heavy atom. The van der Waals surface area contributed by atoms with E-state index in [1.807, 2.05) is 0 Å². The van der Waals surface area contributed by atoms with Gasteiger partial charge in [-0.25, -0.2) is 18.6 Å². The Balaban J connectivity index is 2.39. The van der Waals surface area contributed by atoms with E-state index < -0.39 is 23.8 Å². The van der Waals surface area contributed by atoms with Crippen LogP contribution in [0.2, 0.25) is 0 Å². The number of hydrogen-bond donors (Lipinski definition) is 1. The van der Waals surface area contributed by atoms with Gasteiger partial charge in [-0.15, -0.1) is 0 Å². The van der Waals surface area contributed by atoms with Crippen molar-refractivity contribution in [3.05, 3.63) is 17.3 Å². The zero-order valence-corrected chi connectivity index (χ0v) is 7.04. The molecule has 1 saturated carbocycles. The summed E-state index contributed by atoms with van der Waals surface area (Å²) in [5, 5.41) is 8.56. The Labute approximate surface area is 77.6 Å². The second-order valence-corrected chi connectivity index (χ2v) is 3.15. The highest BCUT2D eigenvalue weighted by Gasteiger charge is 2.34. The Hall–Kier alpha value is -1.46. The van der Waals surface area contributed by atoms with E-state index >= 15 is 0 Å². The molecule has 1 heterocycles. The first-order chi connectivity index (χ1) is 6.59. The smallest absolute Gasteiger partial charge is 0.374 e. The van der Waals surface area contributed by atoms with E-state index in [4.69, 9.17) is 9.52 Å². The number of nitrogens with zero attached hydrogens (tertiary/aromatic N) is 1. The summed E-state index contributed by atoms with van der Waals surface area (Å²) in [6.45, 7) is 0. The molecule has 14 heavy (non-hydrogen) atoms. The molecule has 0 atom stereocenters. The molecule has 1 aromatic rings. The fourth-order valence-electron chi connectivity index (χ4n) is 1.16. The van der Waals surface area contributed by atoms with E-state index in [0.717, 1.165) is 12.8 Å². The van der Waals surface area contributed by atoms with Gasteiger partial charge in [-0.2, -0.15) is 0 Å². The van der Waals surface area contributed by atoms with Gasteiger partial charge >= 0.3 is 5.97 Å². The van der Waals surface area contributed by atoms with Gasteiger partial charge in [-0.05, 0) is 12.8 Å². The van der Waals surface area contributed by atoms with Crippen molar-refractivity contribution >= 4 is 5.97 Å². The first-order valence-corrected chi connectivity index (χ1v) is 4.11. The third kappa shape index (κ3) is 1.47. The van der Waals surface area contributed by atoms with Crippen LogP contribution in [0.3, 0.4) is 0 Å². The molecule has 0 bridgehead atoms. The van der Waals surface area contributed by atoms with Gasteiger partial charge in [0.2, 0.25) is 5.76 Å². The molecule has 0 aliphatic heterocycles.